The van der Waals surface area contributed by atoms with Gasteiger partial charge in [-0.15, -0.1) is 0 Å². The molecule has 0 aliphatic rings. The number of pyridine rings is 1. The van der Waals surface area contributed by atoms with Crippen molar-refractivity contribution in [3.8, 4) is 0 Å². The number of nitrogens with zero attached hydrogens (tertiary/aromatic N) is 1. The highest BCUT2D eigenvalue weighted by Crippen LogP contribution is 2.06. The minimum absolute atomic E-state index is 0.0158. The van der Waals surface area contributed by atoms with Crippen LogP contribution in [0.2, 0.25) is 0 Å². The topological polar surface area (TPSA) is 45.1 Å². The monoisotopic (exact) mass is 184 g/mol. The van der Waals surface area contributed by atoms with Crippen molar-refractivity contribution in [2.24, 2.45) is 0 Å². The van der Waals surface area contributed by atoms with E-state index in [2.05, 4.69) is 10.3 Å². The molecule has 0 aliphatic heterocycles. The summed E-state index contributed by atoms with van der Waals surface area (Å²) in [6, 6.07) is 2.87. The van der Waals surface area contributed by atoms with Crippen molar-refractivity contribution in [2.75, 3.05) is 11.9 Å². The second-order valence-electron chi connectivity index (χ2n) is 2.79. The van der Waals surface area contributed by atoms with E-state index in [1.54, 1.807) is 6.07 Å². The molecule has 0 spiro atoms. The smallest absolute Gasteiger partial charge is 0.141 e. The Bertz CT molecular complexity index is 246. The number of halogens is 1. The zero-order valence-electron chi connectivity index (χ0n) is 7.50. The lowest BCUT2D eigenvalue weighted by Crippen LogP contribution is -2.23. The van der Waals surface area contributed by atoms with E-state index in [0.717, 1.165) is 12.6 Å². The van der Waals surface area contributed by atoms with Crippen LogP contribution in [-0.2, 0) is 0 Å². The van der Waals surface area contributed by atoms with Crippen LogP contribution in [0.3, 0.4) is 0 Å². The van der Waals surface area contributed by atoms with Crippen LogP contribution in [0.15, 0.2) is 18.3 Å². The maximum Gasteiger partial charge on any atom is 0.141 e. The van der Waals surface area contributed by atoms with Crippen LogP contribution in [0.4, 0.5) is 10.2 Å². The average molecular weight is 184 g/mol. The Labute approximate surface area is 76.6 Å². The van der Waals surface area contributed by atoms with Gasteiger partial charge in [-0.2, -0.15) is 0 Å². The Balaban J connectivity index is 2.58. The molecule has 0 saturated heterocycles. The summed E-state index contributed by atoms with van der Waals surface area (Å²) in [6.45, 7) is 2.01. The fourth-order valence-electron chi connectivity index (χ4n) is 0.947. The molecular weight excluding hydrogens is 171 g/mol. The van der Waals surface area contributed by atoms with Crippen LogP contribution in [0, 0.1) is 5.82 Å². The Morgan fingerprint density at radius 3 is 2.85 bits per heavy atom. The number of hydrogen-bond donors (Lipinski definition) is 2. The summed E-state index contributed by atoms with van der Waals surface area (Å²) < 4.78 is 12.4. The molecule has 0 saturated carbocycles. The van der Waals surface area contributed by atoms with Gasteiger partial charge >= 0.3 is 0 Å². The molecule has 1 atom stereocenters. The first-order valence-electron chi connectivity index (χ1n) is 4.25. The van der Waals surface area contributed by atoms with Crippen molar-refractivity contribution in [1.82, 2.24) is 4.98 Å². The zero-order chi connectivity index (χ0) is 9.68. The molecule has 4 heteroatoms. The molecule has 1 heterocycles. The summed E-state index contributed by atoms with van der Waals surface area (Å²) in [6.07, 6.45) is 1.95. The van der Waals surface area contributed by atoms with Crippen LogP contribution in [0.5, 0.6) is 0 Å². The number of aliphatic hydroxyl groups is 1. The van der Waals surface area contributed by atoms with Crippen LogP contribution >= 0.6 is 0 Å². The third-order valence-electron chi connectivity index (χ3n) is 1.79. The quantitative estimate of drug-likeness (QED) is 0.743. The van der Waals surface area contributed by atoms with Crippen LogP contribution in [0.25, 0.3) is 0 Å². The van der Waals surface area contributed by atoms with Crippen molar-refractivity contribution in [3.05, 3.63) is 24.1 Å². The highest BCUT2D eigenvalue weighted by molar-refractivity contribution is 5.34. The molecule has 13 heavy (non-hydrogen) atoms. The van der Waals surface area contributed by atoms with Gasteiger partial charge in [0.25, 0.3) is 0 Å². The predicted molar refractivity (Wildman–Crippen MR) is 49.0 cm³/mol. The Kier molecular flexibility index (Phi) is 3.64. The summed E-state index contributed by atoms with van der Waals surface area (Å²) in [5.74, 6) is 0.227. The lowest BCUT2D eigenvalue weighted by Gasteiger charge is -2.13. The first-order chi connectivity index (χ1) is 6.26. The molecule has 0 aromatic carbocycles. The second kappa shape index (κ2) is 4.77. The molecule has 3 nitrogen and oxygen atoms in total. The Morgan fingerprint density at radius 1 is 1.62 bits per heavy atom. The number of rotatable bonds is 4. The number of anilines is 1. The molecule has 0 aliphatic carbocycles. The summed E-state index contributed by atoms with van der Waals surface area (Å²) in [7, 11) is 0. The van der Waals surface area contributed by atoms with E-state index in [-0.39, 0.29) is 18.5 Å². The average Bonchev–Trinajstić information content (AvgIpc) is 2.17. The van der Waals surface area contributed by atoms with Gasteiger partial charge in [-0.25, -0.2) is 9.37 Å². The van der Waals surface area contributed by atoms with Gasteiger partial charge in [0.05, 0.1) is 18.8 Å². The van der Waals surface area contributed by atoms with E-state index < -0.39 is 0 Å². The first-order valence-corrected chi connectivity index (χ1v) is 4.25. The fourth-order valence-corrected chi connectivity index (χ4v) is 0.947. The van der Waals surface area contributed by atoms with Gasteiger partial charge in [0.2, 0.25) is 0 Å². The van der Waals surface area contributed by atoms with E-state index in [1.807, 2.05) is 6.92 Å². The van der Waals surface area contributed by atoms with Gasteiger partial charge in [0.1, 0.15) is 11.6 Å². The molecule has 2 N–H and O–H groups in total. The van der Waals surface area contributed by atoms with E-state index >= 15 is 0 Å². The van der Waals surface area contributed by atoms with Gasteiger partial charge in [0, 0.05) is 0 Å². The van der Waals surface area contributed by atoms with Crippen molar-refractivity contribution in [2.45, 2.75) is 19.4 Å². The standard InChI is InChI=1S/C9H13FN2O/c1-2-8(6-13)12-9-4-3-7(10)5-11-9/h3-5,8,13H,2,6H2,1H3,(H,11,12)/t8-/m0/s1. The third-order valence-corrected chi connectivity index (χ3v) is 1.79. The van der Waals surface area contributed by atoms with Crippen molar-refractivity contribution >= 4 is 5.82 Å². The molecule has 1 aromatic heterocycles. The van der Waals surface area contributed by atoms with E-state index in [4.69, 9.17) is 5.11 Å². The molecule has 0 fully saturated rings. The summed E-state index contributed by atoms with van der Waals surface area (Å²) >= 11 is 0. The summed E-state index contributed by atoms with van der Waals surface area (Å²) in [5.41, 5.74) is 0. The van der Waals surface area contributed by atoms with Gasteiger partial charge in [-0.3, -0.25) is 0 Å². The van der Waals surface area contributed by atoms with E-state index in [9.17, 15) is 4.39 Å². The van der Waals surface area contributed by atoms with Gasteiger partial charge in [-0.05, 0) is 18.6 Å². The molecule has 72 valence electrons. The molecule has 0 unspecified atom stereocenters. The fraction of sp³-hybridized carbons (Fsp3) is 0.444. The van der Waals surface area contributed by atoms with Gasteiger partial charge in [-0.1, -0.05) is 6.92 Å². The minimum atomic E-state index is -0.359. The maximum atomic E-state index is 12.4. The summed E-state index contributed by atoms with van der Waals surface area (Å²) in [5, 5.41) is 11.9. The largest absolute Gasteiger partial charge is 0.394 e. The van der Waals surface area contributed by atoms with E-state index in [1.165, 1.54) is 6.07 Å². The predicted octanol–water partition coefficient (Wildman–Crippen LogP) is 1.40. The highest BCUT2D eigenvalue weighted by Gasteiger charge is 2.04. The Morgan fingerprint density at radius 2 is 2.38 bits per heavy atom. The normalized spacial score (nSPS) is 12.5. The molecule has 1 aromatic rings. The van der Waals surface area contributed by atoms with Crippen molar-refractivity contribution < 1.29 is 9.50 Å². The summed E-state index contributed by atoms with van der Waals surface area (Å²) in [4.78, 5) is 3.82. The van der Waals surface area contributed by atoms with Crippen LogP contribution in [-0.4, -0.2) is 22.7 Å². The van der Waals surface area contributed by atoms with Crippen LogP contribution < -0.4 is 5.32 Å². The number of aromatic nitrogens is 1. The maximum absolute atomic E-state index is 12.4. The molecule has 0 amide bonds. The van der Waals surface area contributed by atoms with Crippen LogP contribution in [0.1, 0.15) is 13.3 Å². The lowest BCUT2D eigenvalue weighted by molar-refractivity contribution is 0.271. The lowest BCUT2D eigenvalue weighted by atomic mass is 10.2. The third kappa shape index (κ3) is 2.99. The first kappa shape index (κ1) is 9.92. The molecule has 0 radical (unpaired) electrons. The molecule has 1 rings (SSSR count). The second-order valence-corrected chi connectivity index (χ2v) is 2.79. The SMILES string of the molecule is CC[C@@H](CO)Nc1ccc(F)cn1. The minimum Gasteiger partial charge on any atom is -0.394 e. The number of hydrogen-bond acceptors (Lipinski definition) is 3. The Hall–Kier alpha value is -1.16. The molecule has 0 bridgehead atoms. The number of nitrogens with one attached hydrogen (secondary N) is 1. The van der Waals surface area contributed by atoms with Crippen molar-refractivity contribution in [3.63, 3.8) is 0 Å². The zero-order valence-corrected chi connectivity index (χ0v) is 7.50. The van der Waals surface area contributed by atoms with E-state index in [0.29, 0.717) is 5.82 Å². The van der Waals surface area contributed by atoms with Gasteiger partial charge in [0.15, 0.2) is 0 Å². The highest BCUT2D eigenvalue weighted by atomic mass is 19.1. The van der Waals surface area contributed by atoms with Crippen molar-refractivity contribution in [1.29, 1.82) is 0 Å². The number of aliphatic hydroxyl groups excluding tert-OH is 1. The van der Waals surface area contributed by atoms with Gasteiger partial charge < -0.3 is 10.4 Å². The molecular formula is C9H13FN2O.